The Bertz CT molecular complexity index is 732. The lowest BCUT2D eigenvalue weighted by Gasteiger charge is -2.29. The van der Waals surface area contributed by atoms with Crippen molar-refractivity contribution in [3.63, 3.8) is 0 Å². The number of nitrogens with two attached hydrogens (primary N) is 1. The van der Waals surface area contributed by atoms with Crippen LogP contribution in [0.15, 0.2) is 44.9 Å². The summed E-state index contributed by atoms with van der Waals surface area (Å²) in [5.74, 6) is 0.175. The molecule has 0 aliphatic carbocycles. The lowest BCUT2D eigenvalue weighted by Crippen LogP contribution is -2.50. The van der Waals surface area contributed by atoms with E-state index in [1.165, 1.54) is 4.90 Å². The minimum Gasteiger partial charge on any atom is -0.369 e. The van der Waals surface area contributed by atoms with Crippen LogP contribution >= 0.6 is 15.9 Å². The molecule has 0 amide bonds. The number of aliphatic hydroxyl groups is 1. The molecule has 128 valence electrons. The van der Waals surface area contributed by atoms with E-state index in [0.29, 0.717) is 10.2 Å². The zero-order chi connectivity index (χ0) is 17.5. The Labute approximate surface area is 143 Å². The van der Waals surface area contributed by atoms with Crippen molar-refractivity contribution in [2.75, 3.05) is 6.54 Å². The zero-order valence-electron chi connectivity index (χ0n) is 12.2. The van der Waals surface area contributed by atoms with E-state index in [9.17, 15) is 18.3 Å². The number of rotatable bonds is 3. The highest BCUT2D eigenvalue weighted by Crippen LogP contribution is 2.34. The van der Waals surface area contributed by atoms with Gasteiger partial charge >= 0.3 is 6.18 Å². The molecule has 2 aliphatic rings. The number of hydrogen-bond donors (Lipinski definition) is 2. The molecule has 2 heterocycles. The van der Waals surface area contributed by atoms with Crippen molar-refractivity contribution < 1.29 is 18.3 Å². The number of guanidine groups is 1. The summed E-state index contributed by atoms with van der Waals surface area (Å²) in [6.07, 6.45) is -6.88. The number of nitrogens with zero attached hydrogens (tertiary/aromatic N) is 4. The van der Waals surface area contributed by atoms with Gasteiger partial charge in [0.25, 0.3) is 0 Å². The molecular weight excluding hydrogens is 391 g/mol. The topological polar surface area (TPSA) is 77.4 Å². The molecule has 1 atom stereocenters. The predicted octanol–water partition coefficient (Wildman–Crippen LogP) is 2.24. The molecule has 1 aromatic carbocycles. The molecule has 3 rings (SSSR count). The van der Waals surface area contributed by atoms with Crippen LogP contribution in [0.3, 0.4) is 0 Å². The Kier molecular flexibility index (Phi) is 4.26. The van der Waals surface area contributed by atoms with Crippen molar-refractivity contribution in [2.24, 2.45) is 15.8 Å². The summed E-state index contributed by atoms with van der Waals surface area (Å²) in [5.41, 5.74) is 7.13. The number of aliphatic hydroxyl groups excluding tert-OH is 1. The molecule has 1 aromatic rings. The second-order valence-electron chi connectivity index (χ2n) is 5.17. The molecule has 0 saturated heterocycles. The number of halogens is 4. The Hall–Kier alpha value is -2.07. The molecule has 0 saturated carbocycles. The first-order valence-electron chi connectivity index (χ1n) is 6.97. The maximum absolute atomic E-state index is 12.4. The van der Waals surface area contributed by atoms with Gasteiger partial charge in [0.1, 0.15) is 0 Å². The van der Waals surface area contributed by atoms with E-state index in [1.807, 2.05) is 30.3 Å². The van der Waals surface area contributed by atoms with Gasteiger partial charge in [-0.1, -0.05) is 30.3 Å². The number of amidine groups is 1. The maximum Gasteiger partial charge on any atom is 0.390 e. The molecule has 0 aromatic heterocycles. The van der Waals surface area contributed by atoms with Crippen LogP contribution in [-0.4, -0.2) is 45.9 Å². The lowest BCUT2D eigenvalue weighted by molar-refractivity contribution is -0.145. The Balaban J connectivity index is 1.93. The van der Waals surface area contributed by atoms with Crippen molar-refractivity contribution in [2.45, 2.75) is 18.9 Å². The van der Waals surface area contributed by atoms with Crippen molar-refractivity contribution in [1.29, 1.82) is 0 Å². The van der Waals surface area contributed by atoms with Crippen LogP contribution in [0, 0.1) is 0 Å². The molecule has 1 unspecified atom stereocenters. The van der Waals surface area contributed by atoms with Gasteiger partial charge in [-0.05, 0) is 15.9 Å². The highest BCUT2D eigenvalue weighted by molar-refractivity contribution is 9.12. The fraction of sp³-hybridized carbons (Fsp3) is 0.286. The lowest BCUT2D eigenvalue weighted by atomic mass is 10.1. The normalized spacial score (nSPS) is 21.0. The van der Waals surface area contributed by atoms with Gasteiger partial charge in [-0.25, -0.2) is 14.9 Å². The summed E-state index contributed by atoms with van der Waals surface area (Å²) < 4.78 is 37.7. The molecular formula is C14H13BrF3N5O. The van der Waals surface area contributed by atoms with E-state index in [1.54, 1.807) is 0 Å². The van der Waals surface area contributed by atoms with Crippen LogP contribution in [0.1, 0.15) is 12.0 Å². The third-order valence-corrected chi connectivity index (χ3v) is 4.23. The first-order valence-corrected chi connectivity index (χ1v) is 7.76. The van der Waals surface area contributed by atoms with Gasteiger partial charge in [0, 0.05) is 12.1 Å². The molecule has 3 N–H and O–H groups in total. The smallest absolute Gasteiger partial charge is 0.369 e. The second-order valence-corrected chi connectivity index (χ2v) is 5.96. The van der Waals surface area contributed by atoms with E-state index in [-0.39, 0.29) is 11.8 Å². The molecule has 0 spiro atoms. The van der Waals surface area contributed by atoms with E-state index in [0.717, 1.165) is 10.6 Å². The SMILES string of the molecule is NC1=NC(c2ccccc2)=C(Br)C2=NN(CCC(F)(F)F)C(O)N12. The van der Waals surface area contributed by atoms with Crippen molar-refractivity contribution in [1.82, 2.24) is 9.91 Å². The van der Waals surface area contributed by atoms with Crippen LogP contribution in [0.5, 0.6) is 0 Å². The minimum absolute atomic E-state index is 0.0437. The van der Waals surface area contributed by atoms with Crippen molar-refractivity contribution in [3.05, 3.63) is 40.4 Å². The summed E-state index contributed by atoms with van der Waals surface area (Å²) in [6.45, 7) is -0.487. The standard InChI is InChI=1S/C14H13BrF3N5O/c15-9-10(8-4-2-1-3-5-8)20-12(19)23-11(9)21-22(13(23)24)7-6-14(16,17)18/h1-5,13,24H,6-7H2,(H2,19,20). The van der Waals surface area contributed by atoms with E-state index < -0.39 is 25.5 Å². The van der Waals surface area contributed by atoms with Gasteiger partial charge < -0.3 is 10.8 Å². The maximum atomic E-state index is 12.4. The number of aliphatic imine (C=N–C) groups is 1. The third-order valence-electron chi connectivity index (χ3n) is 3.50. The molecule has 2 aliphatic heterocycles. The number of fused-ring (bicyclic) bond motifs is 1. The largest absolute Gasteiger partial charge is 0.390 e. The van der Waals surface area contributed by atoms with Crippen LogP contribution in [-0.2, 0) is 0 Å². The molecule has 0 bridgehead atoms. The van der Waals surface area contributed by atoms with Gasteiger partial charge in [-0.3, -0.25) is 0 Å². The minimum atomic E-state index is -4.34. The Morgan fingerprint density at radius 3 is 2.54 bits per heavy atom. The zero-order valence-corrected chi connectivity index (χ0v) is 13.8. The summed E-state index contributed by atoms with van der Waals surface area (Å²) in [5, 5.41) is 15.2. The molecule has 0 radical (unpaired) electrons. The first kappa shape index (κ1) is 16.8. The average molecular weight is 404 g/mol. The summed E-state index contributed by atoms with van der Waals surface area (Å²) in [7, 11) is 0. The monoisotopic (exact) mass is 403 g/mol. The fourth-order valence-electron chi connectivity index (χ4n) is 2.36. The van der Waals surface area contributed by atoms with Crippen LogP contribution < -0.4 is 5.73 Å². The number of hydrogen-bond acceptors (Lipinski definition) is 6. The predicted molar refractivity (Wildman–Crippen MR) is 86.6 cm³/mol. The van der Waals surface area contributed by atoms with Crippen LogP contribution in [0.2, 0.25) is 0 Å². The van der Waals surface area contributed by atoms with Crippen LogP contribution in [0.25, 0.3) is 5.70 Å². The molecule has 0 fully saturated rings. The fourth-order valence-corrected chi connectivity index (χ4v) is 2.95. The quantitative estimate of drug-likeness (QED) is 0.811. The van der Waals surface area contributed by atoms with Gasteiger partial charge in [-0.2, -0.15) is 18.3 Å². The average Bonchev–Trinajstić information content (AvgIpc) is 2.87. The Morgan fingerprint density at radius 2 is 1.92 bits per heavy atom. The highest BCUT2D eigenvalue weighted by Gasteiger charge is 2.41. The first-order chi connectivity index (χ1) is 11.3. The van der Waals surface area contributed by atoms with Gasteiger partial charge in [0.15, 0.2) is 5.84 Å². The van der Waals surface area contributed by atoms with Gasteiger partial charge in [0.05, 0.1) is 16.6 Å². The molecule has 6 nitrogen and oxygen atoms in total. The third kappa shape index (κ3) is 3.11. The summed E-state index contributed by atoms with van der Waals surface area (Å²) in [6, 6.07) is 9.12. The molecule has 10 heteroatoms. The van der Waals surface area contributed by atoms with E-state index in [4.69, 9.17) is 5.73 Å². The summed E-state index contributed by atoms with van der Waals surface area (Å²) in [4.78, 5) is 5.41. The number of hydrazone groups is 1. The Morgan fingerprint density at radius 1 is 1.25 bits per heavy atom. The summed E-state index contributed by atoms with van der Waals surface area (Å²) >= 11 is 3.36. The van der Waals surface area contributed by atoms with Crippen LogP contribution in [0.4, 0.5) is 13.2 Å². The van der Waals surface area contributed by atoms with Crippen molar-refractivity contribution in [3.8, 4) is 0 Å². The number of alkyl halides is 3. The van der Waals surface area contributed by atoms with Crippen molar-refractivity contribution >= 4 is 33.4 Å². The number of benzene rings is 1. The van der Waals surface area contributed by atoms with E-state index >= 15 is 0 Å². The second kappa shape index (κ2) is 6.10. The molecule has 24 heavy (non-hydrogen) atoms. The highest BCUT2D eigenvalue weighted by atomic mass is 79.9. The van der Waals surface area contributed by atoms with Gasteiger partial charge in [-0.15, -0.1) is 0 Å². The van der Waals surface area contributed by atoms with E-state index in [2.05, 4.69) is 26.0 Å². The van der Waals surface area contributed by atoms with Gasteiger partial charge in [0.2, 0.25) is 12.3 Å².